The maximum Gasteiger partial charge on any atom is 0.379 e. The molecule has 1 rings (SSSR count). The minimum absolute atomic E-state index is 0.0521. The number of rotatable bonds is 4. The van der Waals surface area contributed by atoms with Gasteiger partial charge in [0, 0.05) is 11.4 Å². The van der Waals surface area contributed by atoms with E-state index in [1.54, 1.807) is 6.92 Å². The summed E-state index contributed by atoms with van der Waals surface area (Å²) in [4.78, 5) is 34.5. The Balaban J connectivity index is 3.31. The molecule has 0 aliphatic carbocycles. The number of carbonyl (C=O) groups is 3. The van der Waals surface area contributed by atoms with Crippen LogP contribution in [0, 0.1) is 0 Å². The van der Waals surface area contributed by atoms with E-state index in [-0.39, 0.29) is 28.1 Å². The van der Waals surface area contributed by atoms with Gasteiger partial charge < -0.3 is 15.2 Å². The molecule has 1 aromatic carbocycles. The topological polar surface area (TPSA) is 92.7 Å². The molecule has 0 radical (unpaired) electrons. The lowest BCUT2D eigenvalue weighted by Crippen LogP contribution is -2.20. The second-order valence-corrected chi connectivity index (χ2v) is 4.40. The van der Waals surface area contributed by atoms with Gasteiger partial charge in [-0.1, -0.05) is 0 Å². The number of phenols is 1. The fraction of sp³-hybridized carbons (Fsp3) is 0.250. The van der Waals surface area contributed by atoms with Crippen LogP contribution in [0.2, 0.25) is 0 Å². The Bertz CT molecular complexity index is 541. The zero-order valence-corrected chi connectivity index (χ0v) is 11.9. The van der Waals surface area contributed by atoms with Gasteiger partial charge in [0.2, 0.25) is 5.91 Å². The average molecular weight is 330 g/mol. The van der Waals surface area contributed by atoms with Gasteiger partial charge in [-0.3, -0.25) is 9.59 Å². The number of ketones is 1. The molecule has 1 amide bonds. The number of hydrogen-bond acceptors (Lipinski definition) is 5. The lowest BCUT2D eigenvalue weighted by Gasteiger charge is -2.12. The molecule has 0 saturated heterocycles. The highest BCUT2D eigenvalue weighted by molar-refractivity contribution is 9.10. The van der Waals surface area contributed by atoms with E-state index in [0.29, 0.717) is 0 Å². The van der Waals surface area contributed by atoms with Crippen molar-refractivity contribution in [2.45, 2.75) is 13.8 Å². The van der Waals surface area contributed by atoms with Crippen LogP contribution in [0.1, 0.15) is 24.2 Å². The summed E-state index contributed by atoms with van der Waals surface area (Å²) in [6.07, 6.45) is 0. The van der Waals surface area contributed by atoms with E-state index in [1.165, 1.54) is 19.1 Å². The summed E-state index contributed by atoms with van der Waals surface area (Å²) in [6, 6.07) is 2.68. The zero-order valence-electron chi connectivity index (χ0n) is 10.3. The van der Waals surface area contributed by atoms with Crippen molar-refractivity contribution in [3.05, 3.63) is 22.2 Å². The van der Waals surface area contributed by atoms with Gasteiger partial charge in [0.15, 0.2) is 0 Å². The number of esters is 1. The number of nitrogens with one attached hydrogen (secondary N) is 1. The van der Waals surface area contributed by atoms with Gasteiger partial charge in [0.1, 0.15) is 5.75 Å². The first-order valence-corrected chi connectivity index (χ1v) is 6.18. The number of halogens is 1. The third-order valence-corrected chi connectivity index (χ3v) is 2.78. The van der Waals surface area contributed by atoms with Crippen molar-refractivity contribution in [1.82, 2.24) is 0 Å². The van der Waals surface area contributed by atoms with Crippen LogP contribution in [0.25, 0.3) is 0 Å². The van der Waals surface area contributed by atoms with Gasteiger partial charge in [-0.2, -0.15) is 0 Å². The van der Waals surface area contributed by atoms with E-state index in [0.717, 1.165) is 0 Å². The number of aromatic hydroxyl groups is 1. The molecule has 6 nitrogen and oxygen atoms in total. The number of phenolic OH excluding ortho intramolecular Hbond substituents is 1. The first-order chi connectivity index (χ1) is 8.88. The summed E-state index contributed by atoms with van der Waals surface area (Å²) in [5.41, 5.74) is -0.270. The summed E-state index contributed by atoms with van der Waals surface area (Å²) in [5.74, 6) is -2.80. The molecule has 0 spiro atoms. The molecular weight excluding hydrogens is 318 g/mol. The molecule has 0 aliphatic heterocycles. The normalized spacial score (nSPS) is 9.84. The van der Waals surface area contributed by atoms with Gasteiger partial charge in [-0.25, -0.2) is 4.79 Å². The van der Waals surface area contributed by atoms with E-state index in [1.807, 2.05) is 0 Å². The largest absolute Gasteiger partial charge is 0.506 e. The highest BCUT2D eigenvalue weighted by atomic mass is 79.9. The van der Waals surface area contributed by atoms with E-state index in [2.05, 4.69) is 26.0 Å². The second kappa shape index (κ2) is 6.33. The summed E-state index contributed by atoms with van der Waals surface area (Å²) in [6.45, 7) is 2.84. The lowest BCUT2D eigenvalue weighted by molar-refractivity contribution is -0.137. The summed E-state index contributed by atoms with van der Waals surface area (Å²) in [5, 5.41) is 12.0. The number of amides is 1. The van der Waals surface area contributed by atoms with E-state index < -0.39 is 17.7 Å². The first kappa shape index (κ1) is 15.2. The number of anilines is 1. The summed E-state index contributed by atoms with van der Waals surface area (Å²) >= 11 is 3.10. The van der Waals surface area contributed by atoms with Crippen LogP contribution in [-0.2, 0) is 14.3 Å². The standard InChI is InChI=1S/C12H12BrNO5/c1-3-19-12(18)11(17)9-7(13)4-5-8(16)10(9)14-6(2)15/h4-5,16H,3H2,1-2H3,(H,14,15). The average Bonchev–Trinajstić information content (AvgIpc) is 2.33. The highest BCUT2D eigenvalue weighted by Crippen LogP contribution is 2.33. The molecule has 0 aliphatic rings. The van der Waals surface area contributed by atoms with E-state index in [4.69, 9.17) is 0 Å². The fourth-order valence-electron chi connectivity index (χ4n) is 1.39. The highest BCUT2D eigenvalue weighted by Gasteiger charge is 2.26. The maximum atomic E-state index is 11.9. The molecule has 0 atom stereocenters. The molecule has 0 bridgehead atoms. The van der Waals surface area contributed by atoms with Crippen LogP contribution in [0.3, 0.4) is 0 Å². The number of carbonyl (C=O) groups excluding carboxylic acids is 3. The Labute approximate surface area is 117 Å². The predicted octanol–water partition coefficient (Wildman–Crippen LogP) is 1.86. The third kappa shape index (κ3) is 3.54. The van der Waals surface area contributed by atoms with E-state index in [9.17, 15) is 19.5 Å². The SMILES string of the molecule is CCOC(=O)C(=O)c1c(Br)ccc(O)c1NC(C)=O. The van der Waals surface area contributed by atoms with Crippen LogP contribution in [0.5, 0.6) is 5.75 Å². The van der Waals surface area contributed by atoms with E-state index >= 15 is 0 Å². The Hall–Kier alpha value is -1.89. The van der Waals surface area contributed by atoms with Crippen LogP contribution < -0.4 is 5.32 Å². The van der Waals surface area contributed by atoms with Crippen molar-refractivity contribution in [1.29, 1.82) is 0 Å². The first-order valence-electron chi connectivity index (χ1n) is 5.39. The van der Waals surface area contributed by atoms with Crippen LogP contribution in [-0.4, -0.2) is 29.4 Å². The van der Waals surface area contributed by atoms with Gasteiger partial charge in [-0.15, -0.1) is 0 Å². The van der Waals surface area contributed by atoms with Crippen molar-refractivity contribution in [3.63, 3.8) is 0 Å². The Morgan fingerprint density at radius 2 is 2.00 bits per heavy atom. The van der Waals surface area contributed by atoms with Gasteiger partial charge in [0.05, 0.1) is 17.9 Å². The molecule has 0 aromatic heterocycles. The maximum absolute atomic E-state index is 11.9. The number of hydrogen-bond donors (Lipinski definition) is 2. The minimum atomic E-state index is -1.06. The summed E-state index contributed by atoms with van der Waals surface area (Å²) in [7, 11) is 0. The molecule has 0 saturated carbocycles. The molecule has 102 valence electrons. The summed E-state index contributed by atoms with van der Waals surface area (Å²) < 4.78 is 4.88. The molecule has 0 unspecified atom stereocenters. The van der Waals surface area contributed by atoms with Gasteiger partial charge in [0.25, 0.3) is 5.78 Å². The Morgan fingerprint density at radius 3 is 2.53 bits per heavy atom. The predicted molar refractivity (Wildman–Crippen MR) is 71.1 cm³/mol. The van der Waals surface area contributed by atoms with Crippen molar-refractivity contribution >= 4 is 39.3 Å². The van der Waals surface area contributed by atoms with Crippen molar-refractivity contribution in [3.8, 4) is 5.75 Å². The molecule has 2 N–H and O–H groups in total. The van der Waals surface area contributed by atoms with Gasteiger partial charge >= 0.3 is 5.97 Å². The number of benzene rings is 1. The number of ether oxygens (including phenoxy) is 1. The fourth-order valence-corrected chi connectivity index (χ4v) is 1.90. The van der Waals surface area contributed by atoms with Crippen molar-refractivity contribution in [2.24, 2.45) is 0 Å². The Morgan fingerprint density at radius 1 is 1.37 bits per heavy atom. The Kier molecular flexibility index (Phi) is 5.05. The zero-order chi connectivity index (χ0) is 14.6. The smallest absolute Gasteiger partial charge is 0.379 e. The molecule has 1 aromatic rings. The van der Waals surface area contributed by atoms with Crippen LogP contribution in [0.4, 0.5) is 5.69 Å². The van der Waals surface area contributed by atoms with Crippen molar-refractivity contribution < 1.29 is 24.2 Å². The number of Topliss-reactive ketones (excluding diaryl/α,β-unsaturated/α-hetero) is 1. The monoisotopic (exact) mass is 329 g/mol. The second-order valence-electron chi connectivity index (χ2n) is 3.55. The molecule has 0 heterocycles. The molecule has 0 fully saturated rings. The molecular formula is C12H12BrNO5. The molecule has 19 heavy (non-hydrogen) atoms. The third-order valence-electron chi connectivity index (χ3n) is 2.12. The van der Waals surface area contributed by atoms with Crippen LogP contribution >= 0.6 is 15.9 Å². The lowest BCUT2D eigenvalue weighted by atomic mass is 10.1. The molecule has 7 heteroatoms. The van der Waals surface area contributed by atoms with Crippen LogP contribution in [0.15, 0.2) is 16.6 Å². The quantitative estimate of drug-likeness (QED) is 0.380. The van der Waals surface area contributed by atoms with Gasteiger partial charge in [-0.05, 0) is 35.0 Å². The van der Waals surface area contributed by atoms with Crippen molar-refractivity contribution in [2.75, 3.05) is 11.9 Å². The minimum Gasteiger partial charge on any atom is -0.506 e.